The highest BCUT2D eigenvalue weighted by molar-refractivity contribution is 6.14. The van der Waals surface area contributed by atoms with Crippen LogP contribution in [0.3, 0.4) is 0 Å². The molecule has 0 radical (unpaired) electrons. The molecule has 8 rings (SSSR count). The summed E-state index contributed by atoms with van der Waals surface area (Å²) in [6.07, 6.45) is -4.54. The molecule has 1 amide bonds. The van der Waals surface area contributed by atoms with Crippen molar-refractivity contribution in [2.24, 2.45) is 0 Å². The van der Waals surface area contributed by atoms with Crippen LogP contribution in [0.4, 0.5) is 18.9 Å². The summed E-state index contributed by atoms with van der Waals surface area (Å²) in [6.45, 7) is 0.386. The fourth-order valence-corrected chi connectivity index (χ4v) is 6.76. The lowest BCUT2D eigenvalue weighted by Crippen LogP contribution is -2.23. The Balaban J connectivity index is 1.27. The van der Waals surface area contributed by atoms with Gasteiger partial charge in [-0.15, -0.1) is 0 Å². The number of amides is 1. The molecule has 4 nitrogen and oxygen atoms in total. The van der Waals surface area contributed by atoms with Crippen LogP contribution in [0.1, 0.15) is 27.0 Å². The first-order valence-electron chi connectivity index (χ1n) is 15.1. The second-order valence-corrected chi connectivity index (χ2v) is 11.5. The summed E-state index contributed by atoms with van der Waals surface area (Å²) in [6, 6.07) is 42.5. The topological polar surface area (TPSA) is 49.0 Å². The number of fused-ring (bicyclic) bond motifs is 4. The van der Waals surface area contributed by atoms with E-state index >= 15 is 0 Å². The molecule has 0 saturated carbocycles. The Morgan fingerprint density at radius 2 is 1.32 bits per heavy atom. The Morgan fingerprint density at radius 3 is 2.13 bits per heavy atom. The van der Waals surface area contributed by atoms with Crippen LogP contribution < -0.4 is 4.90 Å². The van der Waals surface area contributed by atoms with Crippen molar-refractivity contribution in [2.45, 2.75) is 12.7 Å². The number of alkyl halides is 3. The van der Waals surface area contributed by atoms with Crippen molar-refractivity contribution >= 4 is 33.4 Å². The first-order chi connectivity index (χ1) is 22.8. The van der Waals surface area contributed by atoms with Crippen LogP contribution in [0.25, 0.3) is 49.7 Å². The van der Waals surface area contributed by atoms with Crippen molar-refractivity contribution in [1.29, 1.82) is 5.26 Å². The molecular formula is C40H24F3N3O. The number of nitrogens with zero attached hydrogens (tertiary/aromatic N) is 3. The smallest absolute Gasteiger partial charge is 0.309 e. The van der Waals surface area contributed by atoms with E-state index in [1.165, 1.54) is 6.07 Å². The molecule has 0 N–H and O–H groups in total. The van der Waals surface area contributed by atoms with Crippen LogP contribution in [-0.4, -0.2) is 10.5 Å². The van der Waals surface area contributed by atoms with Crippen LogP contribution in [0.15, 0.2) is 133 Å². The predicted octanol–water partition coefficient (Wildman–Crippen LogP) is 10.2. The number of aromatic nitrogens is 1. The molecule has 1 aromatic heterocycles. The minimum Gasteiger partial charge on any atom is -0.309 e. The number of anilines is 1. The second kappa shape index (κ2) is 10.7. The summed E-state index contributed by atoms with van der Waals surface area (Å²) >= 11 is 0. The number of para-hydroxylation sites is 2. The van der Waals surface area contributed by atoms with E-state index in [0.717, 1.165) is 62.0 Å². The van der Waals surface area contributed by atoms with Gasteiger partial charge in [-0.25, -0.2) is 0 Å². The van der Waals surface area contributed by atoms with Gasteiger partial charge >= 0.3 is 6.18 Å². The number of carbonyl (C=O) groups excluding carboxylic acids is 1. The van der Waals surface area contributed by atoms with Gasteiger partial charge in [0.25, 0.3) is 5.91 Å². The highest BCUT2D eigenvalue weighted by atomic mass is 19.4. The quantitative estimate of drug-likeness (QED) is 0.197. The summed E-state index contributed by atoms with van der Waals surface area (Å²) in [5.74, 6) is -0.0698. The molecule has 2 heterocycles. The Bertz CT molecular complexity index is 2420. The highest BCUT2D eigenvalue weighted by Gasteiger charge is 2.33. The fourth-order valence-electron chi connectivity index (χ4n) is 6.76. The van der Waals surface area contributed by atoms with E-state index in [4.69, 9.17) is 0 Å². The maximum atomic E-state index is 14.0. The fraction of sp³-hybridized carbons (Fsp3) is 0.0500. The minimum atomic E-state index is -4.54. The van der Waals surface area contributed by atoms with E-state index in [9.17, 15) is 23.2 Å². The van der Waals surface area contributed by atoms with Gasteiger partial charge in [-0.1, -0.05) is 84.9 Å². The van der Waals surface area contributed by atoms with Crippen molar-refractivity contribution < 1.29 is 18.0 Å². The van der Waals surface area contributed by atoms with Gasteiger partial charge in [0.2, 0.25) is 0 Å². The normalized spacial score (nSPS) is 12.9. The van der Waals surface area contributed by atoms with Crippen LogP contribution in [0.5, 0.6) is 0 Å². The van der Waals surface area contributed by atoms with Crippen molar-refractivity contribution in [2.75, 3.05) is 4.90 Å². The summed E-state index contributed by atoms with van der Waals surface area (Å²) in [7, 11) is 0. The Morgan fingerprint density at radius 1 is 0.617 bits per heavy atom. The summed E-state index contributed by atoms with van der Waals surface area (Å²) in [4.78, 5) is 15.8. The van der Waals surface area contributed by atoms with Gasteiger partial charge < -0.3 is 9.47 Å². The van der Waals surface area contributed by atoms with Gasteiger partial charge in [0.15, 0.2) is 0 Å². The standard InChI is InChI=1S/C40H24F3N3O/c41-40(42,43)28-18-19-29(27(21-28)23-44)26-17-20-38-33(22-26)31-12-5-7-15-36(31)46(38)37-16-8-13-32-34(37)24-45(39(32)47)35-14-6-4-11-30(35)25-9-2-1-3-10-25/h1-22H,24H2. The Hall–Kier alpha value is -6.13. The van der Waals surface area contributed by atoms with Crippen molar-refractivity contribution in [3.8, 4) is 34.0 Å². The lowest BCUT2D eigenvalue weighted by atomic mass is 9.96. The van der Waals surface area contributed by atoms with Crippen molar-refractivity contribution in [1.82, 2.24) is 4.57 Å². The molecule has 0 bridgehead atoms. The minimum absolute atomic E-state index is 0.0434. The summed E-state index contributed by atoms with van der Waals surface area (Å²) in [5.41, 5.74) is 7.23. The zero-order valence-electron chi connectivity index (χ0n) is 24.8. The largest absolute Gasteiger partial charge is 0.416 e. The van der Waals surface area contributed by atoms with Crippen LogP contribution in [-0.2, 0) is 12.7 Å². The van der Waals surface area contributed by atoms with E-state index in [-0.39, 0.29) is 11.5 Å². The average molecular weight is 620 g/mol. The molecule has 226 valence electrons. The molecule has 1 aliphatic rings. The van der Waals surface area contributed by atoms with Crippen molar-refractivity contribution in [3.05, 3.63) is 156 Å². The lowest BCUT2D eigenvalue weighted by molar-refractivity contribution is -0.137. The molecule has 1 aliphatic heterocycles. The lowest BCUT2D eigenvalue weighted by Gasteiger charge is -2.20. The Kier molecular flexibility index (Phi) is 6.48. The van der Waals surface area contributed by atoms with Crippen LogP contribution in [0, 0.1) is 11.3 Å². The number of hydrogen-bond donors (Lipinski definition) is 0. The number of benzene rings is 6. The highest BCUT2D eigenvalue weighted by Crippen LogP contribution is 2.41. The predicted molar refractivity (Wildman–Crippen MR) is 178 cm³/mol. The van der Waals surface area contributed by atoms with Gasteiger partial charge in [0, 0.05) is 27.5 Å². The third-order valence-corrected chi connectivity index (χ3v) is 8.91. The summed E-state index contributed by atoms with van der Waals surface area (Å²) in [5, 5.41) is 11.6. The first kappa shape index (κ1) is 28.4. The van der Waals surface area contributed by atoms with E-state index in [0.29, 0.717) is 23.2 Å². The van der Waals surface area contributed by atoms with Gasteiger partial charge in [-0.3, -0.25) is 4.79 Å². The summed E-state index contributed by atoms with van der Waals surface area (Å²) < 4.78 is 42.3. The number of hydrogen-bond acceptors (Lipinski definition) is 2. The molecule has 7 heteroatoms. The number of halogens is 3. The molecule has 47 heavy (non-hydrogen) atoms. The van der Waals surface area contributed by atoms with Crippen LogP contribution >= 0.6 is 0 Å². The van der Waals surface area contributed by atoms with Crippen LogP contribution in [0.2, 0.25) is 0 Å². The number of nitriles is 1. The maximum Gasteiger partial charge on any atom is 0.416 e. The molecule has 6 aromatic carbocycles. The monoisotopic (exact) mass is 619 g/mol. The third kappa shape index (κ3) is 4.57. The molecule has 0 spiro atoms. The average Bonchev–Trinajstić information content (AvgIpc) is 3.62. The molecule has 0 unspecified atom stereocenters. The molecule has 7 aromatic rings. The molecule has 0 aliphatic carbocycles. The van der Waals surface area contributed by atoms with E-state index in [2.05, 4.69) is 4.57 Å². The zero-order valence-corrected chi connectivity index (χ0v) is 24.8. The molecule has 0 fully saturated rings. The third-order valence-electron chi connectivity index (χ3n) is 8.91. The van der Waals surface area contributed by atoms with Gasteiger partial charge in [0.05, 0.1) is 46.1 Å². The SMILES string of the molecule is N#Cc1cc(C(F)(F)F)ccc1-c1ccc2c(c1)c1ccccc1n2-c1cccc2c1CN(c1ccccc1-c1ccccc1)C2=O. The second-order valence-electron chi connectivity index (χ2n) is 11.5. The molecule has 0 saturated heterocycles. The van der Waals surface area contributed by atoms with E-state index in [1.54, 1.807) is 0 Å². The van der Waals surface area contributed by atoms with E-state index < -0.39 is 11.7 Å². The number of carbonyl (C=O) groups is 1. The van der Waals surface area contributed by atoms with E-state index in [1.807, 2.05) is 126 Å². The maximum absolute atomic E-state index is 14.0. The number of rotatable bonds is 4. The zero-order chi connectivity index (χ0) is 32.3. The van der Waals surface area contributed by atoms with Gasteiger partial charge in [-0.2, -0.15) is 18.4 Å². The van der Waals surface area contributed by atoms with Crippen molar-refractivity contribution in [3.63, 3.8) is 0 Å². The van der Waals surface area contributed by atoms with Gasteiger partial charge in [-0.05, 0) is 65.2 Å². The van der Waals surface area contributed by atoms with Gasteiger partial charge in [0.1, 0.15) is 0 Å². The molecular weight excluding hydrogens is 595 g/mol. The molecule has 0 atom stereocenters. The first-order valence-corrected chi connectivity index (χ1v) is 15.1. The Labute approximate surface area is 268 Å².